The summed E-state index contributed by atoms with van der Waals surface area (Å²) in [5, 5.41) is 9.28. The lowest BCUT2D eigenvalue weighted by molar-refractivity contribution is 0.223. The number of rotatable bonds is 2. The fourth-order valence-electron chi connectivity index (χ4n) is 2.81. The second-order valence-corrected chi connectivity index (χ2v) is 6.60. The van der Waals surface area contributed by atoms with Crippen LogP contribution in [0.3, 0.4) is 0 Å². The molecule has 0 heterocycles. The van der Waals surface area contributed by atoms with Gasteiger partial charge in [0.1, 0.15) is 0 Å². The van der Waals surface area contributed by atoms with E-state index in [4.69, 9.17) is 0 Å². The molecule has 1 rings (SSSR count). The molecule has 0 radical (unpaired) electrons. The van der Waals surface area contributed by atoms with Gasteiger partial charge in [-0.25, -0.2) is 0 Å². The minimum absolute atomic E-state index is 0.153. The molecule has 1 atom stereocenters. The first-order chi connectivity index (χ1) is 9.56. The largest absolute Gasteiger partial charge is 0.396 e. The van der Waals surface area contributed by atoms with E-state index >= 15 is 0 Å². The summed E-state index contributed by atoms with van der Waals surface area (Å²) in [5.41, 5.74) is 3.18. The molecular weight excluding hydrogens is 244 g/mol. The fraction of sp³-hybridized carbons (Fsp3) is 0.684. The van der Waals surface area contributed by atoms with E-state index in [1.54, 1.807) is 0 Å². The van der Waals surface area contributed by atoms with Gasteiger partial charge in [-0.05, 0) is 70.6 Å². The summed E-state index contributed by atoms with van der Waals surface area (Å²) in [5.74, 6) is 0. The molecule has 0 fully saturated rings. The second-order valence-electron chi connectivity index (χ2n) is 6.60. The highest BCUT2D eigenvalue weighted by molar-refractivity contribution is 5.06. The van der Waals surface area contributed by atoms with Crippen molar-refractivity contribution >= 4 is 0 Å². The Labute approximate surface area is 125 Å². The highest BCUT2D eigenvalue weighted by Crippen LogP contribution is 2.30. The Morgan fingerprint density at radius 3 is 2.50 bits per heavy atom. The van der Waals surface area contributed by atoms with Crippen LogP contribution in [0.1, 0.15) is 72.1 Å². The van der Waals surface area contributed by atoms with Crippen molar-refractivity contribution in [3.05, 3.63) is 35.5 Å². The number of hydrogen-bond acceptors (Lipinski definition) is 1. The van der Waals surface area contributed by atoms with E-state index in [9.17, 15) is 5.11 Å². The molecule has 0 aliphatic heterocycles. The number of aliphatic hydroxyl groups is 1. The zero-order valence-corrected chi connectivity index (χ0v) is 13.6. The van der Waals surface area contributed by atoms with Crippen LogP contribution in [0.25, 0.3) is 0 Å². The smallest absolute Gasteiger partial charge is 0.0439 e. The Balaban J connectivity index is 2.73. The third-order valence-corrected chi connectivity index (χ3v) is 4.38. The minimum atomic E-state index is 0.153. The van der Waals surface area contributed by atoms with E-state index < -0.39 is 0 Å². The molecule has 0 saturated heterocycles. The van der Waals surface area contributed by atoms with Crippen LogP contribution in [0, 0.1) is 5.41 Å². The maximum absolute atomic E-state index is 9.28. The normalized spacial score (nSPS) is 31.8. The lowest BCUT2D eigenvalue weighted by atomic mass is 9.81. The van der Waals surface area contributed by atoms with Gasteiger partial charge < -0.3 is 5.11 Å². The maximum atomic E-state index is 9.28. The summed E-state index contributed by atoms with van der Waals surface area (Å²) in [6.45, 7) is 7.06. The van der Waals surface area contributed by atoms with Gasteiger partial charge in [-0.1, -0.05) is 42.4 Å². The van der Waals surface area contributed by atoms with Gasteiger partial charge in [0, 0.05) is 6.61 Å². The van der Waals surface area contributed by atoms with Gasteiger partial charge in [0.15, 0.2) is 0 Å². The highest BCUT2D eigenvalue weighted by atomic mass is 16.3. The summed E-state index contributed by atoms with van der Waals surface area (Å²) in [7, 11) is 0. The Morgan fingerprint density at radius 1 is 1.05 bits per heavy atom. The van der Waals surface area contributed by atoms with Crippen LogP contribution in [-0.2, 0) is 0 Å². The Morgan fingerprint density at radius 2 is 1.75 bits per heavy atom. The van der Waals surface area contributed by atoms with Crippen LogP contribution in [0.5, 0.6) is 0 Å². The van der Waals surface area contributed by atoms with Gasteiger partial charge >= 0.3 is 0 Å². The Hall–Kier alpha value is -0.820. The zero-order chi connectivity index (χ0) is 14.8. The molecule has 0 amide bonds. The van der Waals surface area contributed by atoms with Crippen LogP contribution >= 0.6 is 0 Å². The topological polar surface area (TPSA) is 20.2 Å². The van der Waals surface area contributed by atoms with Crippen LogP contribution in [0.2, 0.25) is 0 Å². The zero-order valence-electron chi connectivity index (χ0n) is 13.6. The van der Waals surface area contributed by atoms with E-state index in [-0.39, 0.29) is 12.0 Å². The first kappa shape index (κ1) is 17.2. The number of hydrogen-bond donors (Lipinski definition) is 1. The molecule has 1 unspecified atom stereocenters. The Bertz CT molecular complexity index is 362. The highest BCUT2D eigenvalue weighted by Gasteiger charge is 2.19. The number of aliphatic hydroxyl groups excluding tert-OH is 1. The van der Waals surface area contributed by atoms with E-state index in [2.05, 4.69) is 45.1 Å². The summed E-state index contributed by atoms with van der Waals surface area (Å²) in [6, 6.07) is 0. The molecule has 0 aromatic rings. The molecule has 0 spiro atoms. The van der Waals surface area contributed by atoms with Crippen LogP contribution < -0.4 is 0 Å². The maximum Gasteiger partial charge on any atom is 0.0439 e. The summed E-state index contributed by atoms with van der Waals surface area (Å²) >= 11 is 0. The van der Waals surface area contributed by atoms with Crippen molar-refractivity contribution in [3.63, 3.8) is 0 Å². The van der Waals surface area contributed by atoms with Crippen molar-refractivity contribution in [3.8, 4) is 0 Å². The van der Waals surface area contributed by atoms with Crippen molar-refractivity contribution in [2.75, 3.05) is 6.61 Å². The predicted molar refractivity (Wildman–Crippen MR) is 88.8 cm³/mol. The van der Waals surface area contributed by atoms with Crippen molar-refractivity contribution in [1.82, 2.24) is 0 Å². The molecule has 0 saturated carbocycles. The standard InChI is InChI=1S/C19H32O/c1-17-9-5-4-6-13-19(3,15-16-20)14-8-12-18(2)11-7-10-17/h6,10,12-13,20H,4-5,7-9,11,14-16H2,1-3H3/b13-6?,17-10+,18-12+. The second kappa shape index (κ2) is 9.18. The molecule has 1 aliphatic rings. The molecule has 0 bridgehead atoms. The van der Waals surface area contributed by atoms with Crippen LogP contribution in [0.4, 0.5) is 0 Å². The van der Waals surface area contributed by atoms with Gasteiger partial charge in [-0.15, -0.1) is 0 Å². The molecule has 1 heteroatoms. The van der Waals surface area contributed by atoms with Gasteiger partial charge in [0.25, 0.3) is 0 Å². The monoisotopic (exact) mass is 276 g/mol. The Kier molecular flexibility index (Phi) is 7.91. The fourth-order valence-corrected chi connectivity index (χ4v) is 2.81. The lowest BCUT2D eigenvalue weighted by Gasteiger charge is -2.25. The molecule has 1 nitrogen and oxygen atoms in total. The van der Waals surface area contributed by atoms with Crippen LogP contribution in [0.15, 0.2) is 35.5 Å². The molecule has 0 aromatic carbocycles. The minimum Gasteiger partial charge on any atom is -0.396 e. The quantitative estimate of drug-likeness (QED) is 0.654. The molecule has 114 valence electrons. The third kappa shape index (κ3) is 7.09. The number of allylic oxidation sites excluding steroid dienone is 6. The van der Waals surface area contributed by atoms with Crippen molar-refractivity contribution in [1.29, 1.82) is 0 Å². The molecule has 0 aromatic heterocycles. The van der Waals surface area contributed by atoms with E-state index in [1.165, 1.54) is 36.8 Å². The molecule has 1 N–H and O–H groups in total. The van der Waals surface area contributed by atoms with Gasteiger partial charge in [-0.2, -0.15) is 0 Å². The molecule has 20 heavy (non-hydrogen) atoms. The average molecular weight is 276 g/mol. The van der Waals surface area contributed by atoms with E-state index in [0.717, 1.165) is 25.7 Å². The third-order valence-electron chi connectivity index (χ3n) is 4.38. The summed E-state index contributed by atoms with van der Waals surface area (Å²) < 4.78 is 0. The average Bonchev–Trinajstić information content (AvgIpc) is 2.38. The first-order valence-corrected chi connectivity index (χ1v) is 8.15. The predicted octanol–water partition coefficient (Wildman–Crippen LogP) is 5.57. The van der Waals surface area contributed by atoms with Gasteiger partial charge in [0.2, 0.25) is 0 Å². The lowest BCUT2D eigenvalue weighted by Crippen LogP contribution is -2.15. The first-order valence-electron chi connectivity index (χ1n) is 8.15. The van der Waals surface area contributed by atoms with Gasteiger partial charge in [0.05, 0.1) is 0 Å². The van der Waals surface area contributed by atoms with E-state index in [0.29, 0.717) is 0 Å². The van der Waals surface area contributed by atoms with Crippen LogP contribution in [-0.4, -0.2) is 11.7 Å². The van der Waals surface area contributed by atoms with Crippen molar-refractivity contribution < 1.29 is 5.11 Å². The summed E-state index contributed by atoms with van der Waals surface area (Å²) in [6.07, 6.45) is 18.6. The molecule has 1 aliphatic carbocycles. The SMILES string of the molecule is C/C1=C\CCC(C)(CCO)C=CCCC/C(C)=C/CC1. The summed E-state index contributed by atoms with van der Waals surface area (Å²) in [4.78, 5) is 0. The van der Waals surface area contributed by atoms with Crippen molar-refractivity contribution in [2.24, 2.45) is 5.41 Å². The van der Waals surface area contributed by atoms with Crippen molar-refractivity contribution in [2.45, 2.75) is 72.1 Å². The van der Waals surface area contributed by atoms with Gasteiger partial charge in [-0.3, -0.25) is 0 Å². The van der Waals surface area contributed by atoms with E-state index in [1.807, 2.05) is 0 Å². The molecular formula is C19H32O.